The molecule has 0 saturated carbocycles. The summed E-state index contributed by atoms with van der Waals surface area (Å²) in [4.78, 5) is 85.5. The maximum absolute atomic E-state index is 12.4. The van der Waals surface area contributed by atoms with Crippen LogP contribution in [0.25, 0.3) is 32.3 Å². The Morgan fingerprint density at radius 1 is 0.288 bits per heavy atom. The molecule has 0 heterocycles. The number of hydrogen-bond acceptors (Lipinski definition) is 19. The molecule has 0 aliphatic heterocycles. The molecule has 0 bridgehead atoms. The number of rotatable bonds is 27. The predicted molar refractivity (Wildman–Crippen MR) is 430 cm³/mol. The molecule has 3 atom stereocenters. The van der Waals surface area contributed by atoms with Crippen molar-refractivity contribution in [3.05, 3.63) is 288 Å². The summed E-state index contributed by atoms with van der Waals surface area (Å²) in [5.74, 6) is 3.06. The van der Waals surface area contributed by atoms with E-state index in [0.717, 1.165) is 62.9 Å². The Kier molecular flexibility index (Phi) is 34.0. The summed E-state index contributed by atoms with van der Waals surface area (Å²) in [5, 5.41) is 5.19. The highest BCUT2D eigenvalue weighted by molar-refractivity contribution is 5.99. The summed E-state index contributed by atoms with van der Waals surface area (Å²) >= 11 is 0. The first-order valence-electron chi connectivity index (χ1n) is 36.4. The molecule has 11 aromatic carbocycles. The highest BCUT2D eigenvalue weighted by Gasteiger charge is 2.18. The molecule has 0 spiro atoms. The minimum absolute atomic E-state index is 0.173. The van der Waals surface area contributed by atoms with Crippen molar-refractivity contribution >= 4 is 74.1 Å². The van der Waals surface area contributed by atoms with Gasteiger partial charge in [-0.3, -0.25) is 0 Å². The largest absolute Gasteiger partial charge is 0.497 e. The minimum atomic E-state index is -0.447. The van der Waals surface area contributed by atoms with Gasteiger partial charge in [-0.25, -0.2) is 33.6 Å². The Labute approximate surface area is 648 Å². The van der Waals surface area contributed by atoms with Gasteiger partial charge < -0.3 is 56.8 Å². The number of hydrogen-bond donors (Lipinski definition) is 0. The van der Waals surface area contributed by atoms with Gasteiger partial charge in [0.05, 0.1) is 92.8 Å². The number of carbonyl (C=O) groups excluding carboxylic acids is 7. The Morgan fingerprint density at radius 2 is 0.550 bits per heavy atom. The number of methoxy groups -OCH3 is 4. The third-order valence-corrected chi connectivity index (χ3v) is 17.3. The summed E-state index contributed by atoms with van der Waals surface area (Å²) in [6.07, 6.45) is 2.83. The van der Waals surface area contributed by atoms with E-state index in [2.05, 4.69) is 40.9 Å². The molecule has 19 nitrogen and oxygen atoms in total. The normalized spacial score (nSPS) is 11.3. The molecule has 111 heavy (non-hydrogen) atoms. The molecule has 0 radical (unpaired) electrons. The fourth-order valence-corrected chi connectivity index (χ4v) is 10.1. The van der Waals surface area contributed by atoms with Crippen molar-refractivity contribution in [2.24, 2.45) is 17.8 Å². The SMILES string of the molecule is C=C.CCC(C)COC(=O)c1ccc2cc(OC(=O)c3ccc(OC)cc3)ccc2c1.CCC(C)COC(=O)c1ccc2cc(OC(=O)c3ccc(OC)cc3)ccc2c1.CCC(C)COc1ccc(OC(=O)c2ccc(OC)cc2)cc1.COCc1ccc(C(=O)Oc2ccc3cc(C(=O)OC(C)C)ccc3c2)cc1. The second kappa shape index (κ2) is 44.0. The number of benzene rings is 11. The van der Waals surface area contributed by atoms with Crippen molar-refractivity contribution in [2.75, 3.05) is 48.3 Å². The van der Waals surface area contributed by atoms with Crippen LogP contribution >= 0.6 is 0 Å². The summed E-state index contributed by atoms with van der Waals surface area (Å²) in [6, 6.07) is 66.2. The second-order valence-electron chi connectivity index (χ2n) is 26.0. The summed E-state index contributed by atoms with van der Waals surface area (Å²) < 4.78 is 63.7. The van der Waals surface area contributed by atoms with E-state index in [1.807, 2.05) is 76.2 Å². The first kappa shape index (κ1) is 85.6. The Hall–Kier alpha value is -12.6. The second-order valence-corrected chi connectivity index (χ2v) is 26.0. The van der Waals surface area contributed by atoms with E-state index in [1.165, 1.54) is 0 Å². The van der Waals surface area contributed by atoms with Gasteiger partial charge in [-0.15, -0.1) is 13.2 Å². The van der Waals surface area contributed by atoms with Gasteiger partial charge >= 0.3 is 41.8 Å². The molecule has 0 aliphatic carbocycles. The monoisotopic (exact) mass is 1500 g/mol. The van der Waals surface area contributed by atoms with E-state index in [0.29, 0.717) is 123 Å². The molecule has 3 unspecified atom stereocenters. The van der Waals surface area contributed by atoms with Crippen LogP contribution in [0.3, 0.4) is 0 Å². The lowest BCUT2D eigenvalue weighted by molar-refractivity contribution is 0.0375. The van der Waals surface area contributed by atoms with Crippen LogP contribution in [-0.4, -0.2) is 96.1 Å². The number of ether oxygens (including phenoxy) is 12. The van der Waals surface area contributed by atoms with Crippen molar-refractivity contribution in [2.45, 2.75) is 87.4 Å². The average molecular weight is 1510 g/mol. The van der Waals surface area contributed by atoms with E-state index in [4.69, 9.17) is 56.8 Å². The molecule has 11 rings (SSSR count). The third kappa shape index (κ3) is 26.9. The molecule has 0 amide bonds. The van der Waals surface area contributed by atoms with Gasteiger partial charge in [0.1, 0.15) is 46.0 Å². The first-order chi connectivity index (χ1) is 53.6. The van der Waals surface area contributed by atoms with Gasteiger partial charge in [-0.05, 0) is 251 Å². The van der Waals surface area contributed by atoms with E-state index >= 15 is 0 Å². The van der Waals surface area contributed by atoms with Crippen LogP contribution < -0.4 is 37.9 Å². The lowest BCUT2D eigenvalue weighted by Gasteiger charge is -2.11. The highest BCUT2D eigenvalue weighted by Crippen LogP contribution is 2.29. The molecule has 0 saturated heterocycles. The average Bonchev–Trinajstić information content (AvgIpc) is 0.817. The molecule has 19 heteroatoms. The molecule has 11 aromatic rings. The molecule has 0 aliphatic rings. The Morgan fingerprint density at radius 3 is 0.865 bits per heavy atom. The van der Waals surface area contributed by atoms with Crippen LogP contribution in [0.5, 0.6) is 46.0 Å². The molecule has 0 N–H and O–H groups in total. The van der Waals surface area contributed by atoms with Crippen molar-refractivity contribution < 1.29 is 90.4 Å². The zero-order valence-corrected chi connectivity index (χ0v) is 64.9. The third-order valence-electron chi connectivity index (χ3n) is 17.3. The quantitative estimate of drug-likeness (QED) is 0.0202. The van der Waals surface area contributed by atoms with Crippen molar-refractivity contribution in [1.29, 1.82) is 0 Å². The van der Waals surface area contributed by atoms with Gasteiger partial charge in [0, 0.05) is 7.11 Å². The van der Waals surface area contributed by atoms with E-state index < -0.39 is 23.9 Å². The van der Waals surface area contributed by atoms with Crippen LogP contribution in [0.2, 0.25) is 0 Å². The lowest BCUT2D eigenvalue weighted by atomic mass is 10.1. The minimum Gasteiger partial charge on any atom is -0.497 e. The Bertz CT molecular complexity index is 4690. The molecule has 0 aromatic heterocycles. The Balaban J connectivity index is 0.000000205. The van der Waals surface area contributed by atoms with Gasteiger partial charge in [0.2, 0.25) is 0 Å². The van der Waals surface area contributed by atoms with Crippen LogP contribution in [0, 0.1) is 17.8 Å². The van der Waals surface area contributed by atoms with Crippen molar-refractivity contribution in [3.8, 4) is 46.0 Å². The van der Waals surface area contributed by atoms with Crippen LogP contribution in [0.1, 0.15) is 153 Å². The standard InChI is InChI=1S/2C24H24O5.C23H22O5.C19H22O4.C2H4/c2*1-4-16(2)15-28-23(25)20-6-5-19-14-22(12-9-18(19)13-20)29-24(26)17-7-10-21(27-3)11-8-17;1-15(2)27-23(25)20-9-8-19-13-21(11-10-18(19)12-20)28-22(24)17-6-4-16(5-7-17)14-26-3;1-4-14(2)13-22-17-9-11-18(12-10-17)23-19(20)15-5-7-16(21-3)8-6-15;1-2/h2*5-14,16H,4,15H2,1-3H3;4-13,15H,14H2,1-3H3;5-12,14H,4,13H2,1-3H3;1-2H2. The number of esters is 7. The zero-order chi connectivity index (χ0) is 80.4. The summed E-state index contributed by atoms with van der Waals surface area (Å²) in [5.41, 5.74) is 4.29. The van der Waals surface area contributed by atoms with Gasteiger partial charge in [0.25, 0.3) is 0 Å². The fraction of sp³-hybridized carbons (Fsp3) is 0.250. The molecule has 578 valence electrons. The van der Waals surface area contributed by atoms with Crippen LogP contribution in [-0.2, 0) is 25.6 Å². The number of carbonyl (C=O) groups is 7. The molecular weight excluding hydrogens is 1410 g/mol. The van der Waals surface area contributed by atoms with Gasteiger partial charge in [0.15, 0.2) is 0 Å². The van der Waals surface area contributed by atoms with E-state index in [1.54, 1.807) is 210 Å². The fourth-order valence-electron chi connectivity index (χ4n) is 10.1. The van der Waals surface area contributed by atoms with Gasteiger partial charge in [-0.2, -0.15) is 0 Å². The topological polar surface area (TPSA) is 230 Å². The zero-order valence-electron chi connectivity index (χ0n) is 64.9. The van der Waals surface area contributed by atoms with Crippen LogP contribution in [0.4, 0.5) is 0 Å². The lowest BCUT2D eigenvalue weighted by Crippen LogP contribution is -2.11. The first-order valence-corrected chi connectivity index (χ1v) is 36.4. The van der Waals surface area contributed by atoms with Crippen LogP contribution in [0.15, 0.2) is 244 Å². The highest BCUT2D eigenvalue weighted by atomic mass is 16.6. The van der Waals surface area contributed by atoms with Crippen molar-refractivity contribution in [1.82, 2.24) is 0 Å². The maximum Gasteiger partial charge on any atom is 0.343 e. The molecule has 0 fully saturated rings. The van der Waals surface area contributed by atoms with Crippen molar-refractivity contribution in [3.63, 3.8) is 0 Å². The molecular formula is C92H96O19. The smallest absolute Gasteiger partial charge is 0.343 e. The van der Waals surface area contributed by atoms with E-state index in [-0.39, 0.29) is 24.0 Å². The number of fused-ring (bicyclic) bond motifs is 3. The predicted octanol–water partition coefficient (Wildman–Crippen LogP) is 20.5. The summed E-state index contributed by atoms with van der Waals surface area (Å²) in [6.45, 7) is 24.1. The maximum atomic E-state index is 12.4. The van der Waals surface area contributed by atoms with E-state index in [9.17, 15) is 33.6 Å². The summed E-state index contributed by atoms with van der Waals surface area (Å²) in [7, 11) is 6.34. The van der Waals surface area contributed by atoms with Gasteiger partial charge in [-0.1, -0.05) is 109 Å².